The highest BCUT2D eigenvalue weighted by Crippen LogP contribution is 2.12. The second-order valence-corrected chi connectivity index (χ2v) is 3.12. The van der Waals surface area contributed by atoms with E-state index in [1.807, 2.05) is 0 Å². The van der Waals surface area contributed by atoms with Gasteiger partial charge in [0.25, 0.3) is 0 Å². The molecule has 0 radical (unpaired) electrons. The van der Waals surface area contributed by atoms with Crippen LogP contribution in [0.5, 0.6) is 0 Å². The highest BCUT2D eigenvalue weighted by atomic mass is 16.5. The van der Waals surface area contributed by atoms with Gasteiger partial charge in [-0.2, -0.15) is 10.4 Å². The van der Waals surface area contributed by atoms with Crippen molar-refractivity contribution in [1.29, 1.82) is 5.26 Å². The predicted octanol–water partition coefficient (Wildman–Crippen LogP) is 1.59. The van der Waals surface area contributed by atoms with Crippen LogP contribution in [0.1, 0.15) is 19.3 Å². The smallest absolute Gasteiger partial charge is 0.332 e. The Morgan fingerprint density at radius 3 is 3.06 bits per heavy atom. The van der Waals surface area contributed by atoms with Crippen molar-refractivity contribution in [3.05, 3.63) is 24.5 Å². The van der Waals surface area contributed by atoms with Crippen molar-refractivity contribution >= 4 is 11.7 Å². The SMILES string of the molecule is COC(=O)/C=C(/CCCC#N)n1cccn1. The maximum atomic E-state index is 11.1. The summed E-state index contributed by atoms with van der Waals surface area (Å²) in [7, 11) is 1.33. The van der Waals surface area contributed by atoms with Gasteiger partial charge in [0.2, 0.25) is 0 Å². The Morgan fingerprint density at radius 1 is 1.69 bits per heavy atom. The van der Waals surface area contributed by atoms with Crippen molar-refractivity contribution in [2.45, 2.75) is 19.3 Å². The van der Waals surface area contributed by atoms with Crippen LogP contribution in [0, 0.1) is 11.3 Å². The maximum Gasteiger partial charge on any atom is 0.332 e. The second-order valence-electron chi connectivity index (χ2n) is 3.12. The highest BCUT2D eigenvalue weighted by molar-refractivity contribution is 5.87. The first-order chi connectivity index (χ1) is 7.77. The molecule has 5 heteroatoms. The lowest BCUT2D eigenvalue weighted by molar-refractivity contribution is -0.134. The van der Waals surface area contributed by atoms with Crippen molar-refractivity contribution < 1.29 is 9.53 Å². The molecule has 0 spiro atoms. The number of esters is 1. The Balaban J connectivity index is 2.74. The van der Waals surface area contributed by atoms with Gasteiger partial charge in [0.15, 0.2) is 0 Å². The van der Waals surface area contributed by atoms with Gasteiger partial charge in [0.1, 0.15) is 0 Å². The predicted molar refractivity (Wildman–Crippen MR) is 58.0 cm³/mol. The van der Waals surface area contributed by atoms with Gasteiger partial charge in [-0.3, -0.25) is 0 Å². The van der Waals surface area contributed by atoms with Crippen molar-refractivity contribution in [3.63, 3.8) is 0 Å². The average molecular weight is 219 g/mol. The minimum Gasteiger partial charge on any atom is -0.466 e. The zero-order valence-electron chi connectivity index (χ0n) is 9.09. The third-order valence-electron chi connectivity index (χ3n) is 2.01. The van der Waals surface area contributed by atoms with E-state index in [1.54, 1.807) is 23.1 Å². The van der Waals surface area contributed by atoms with Crippen LogP contribution in [0.3, 0.4) is 0 Å². The third kappa shape index (κ3) is 3.58. The van der Waals surface area contributed by atoms with Gasteiger partial charge >= 0.3 is 5.97 Å². The summed E-state index contributed by atoms with van der Waals surface area (Å²) in [4.78, 5) is 11.1. The lowest BCUT2D eigenvalue weighted by Crippen LogP contribution is -2.03. The number of allylic oxidation sites excluding steroid dienone is 1. The van der Waals surface area contributed by atoms with E-state index in [9.17, 15) is 4.79 Å². The minimum absolute atomic E-state index is 0.414. The molecule has 0 aliphatic carbocycles. The summed E-state index contributed by atoms with van der Waals surface area (Å²) in [6.45, 7) is 0. The number of methoxy groups -OCH3 is 1. The van der Waals surface area contributed by atoms with E-state index in [2.05, 4.69) is 15.9 Å². The van der Waals surface area contributed by atoms with Crippen LogP contribution in [0.25, 0.3) is 5.70 Å². The number of ether oxygens (including phenoxy) is 1. The van der Waals surface area contributed by atoms with Crippen LogP contribution in [-0.4, -0.2) is 22.9 Å². The molecule has 0 amide bonds. The molecule has 1 heterocycles. The van der Waals surface area contributed by atoms with Crippen LogP contribution in [0.4, 0.5) is 0 Å². The second kappa shape index (κ2) is 6.40. The summed E-state index contributed by atoms with van der Waals surface area (Å²) in [6, 6.07) is 3.84. The van der Waals surface area contributed by atoms with E-state index in [0.717, 1.165) is 5.70 Å². The summed E-state index contributed by atoms with van der Waals surface area (Å²) in [6.07, 6.45) is 6.55. The Labute approximate surface area is 93.9 Å². The number of nitrogens with zero attached hydrogens (tertiary/aromatic N) is 3. The Morgan fingerprint density at radius 2 is 2.50 bits per heavy atom. The maximum absolute atomic E-state index is 11.1. The molecule has 0 unspecified atom stereocenters. The van der Waals surface area contributed by atoms with Crippen LogP contribution in [0.2, 0.25) is 0 Å². The standard InChI is InChI=1S/C11H13N3O2/c1-16-11(15)9-10(5-2-3-6-12)14-8-4-7-13-14/h4,7-9H,2-3,5H2,1H3/b10-9-. The zero-order chi connectivity index (χ0) is 11.8. The molecule has 0 saturated heterocycles. The molecule has 0 fully saturated rings. The summed E-state index contributed by atoms with van der Waals surface area (Å²) < 4.78 is 6.17. The number of nitriles is 1. The first kappa shape index (κ1) is 12.0. The van der Waals surface area contributed by atoms with Crippen molar-refractivity contribution in [2.24, 2.45) is 0 Å². The summed E-state index contributed by atoms with van der Waals surface area (Å²) in [5, 5.41) is 12.5. The molecule has 0 atom stereocenters. The topological polar surface area (TPSA) is 67.9 Å². The van der Waals surface area contributed by atoms with Crippen molar-refractivity contribution in [3.8, 4) is 6.07 Å². The summed E-state index contributed by atoms with van der Waals surface area (Å²) >= 11 is 0. The number of unbranched alkanes of at least 4 members (excludes halogenated alkanes) is 1. The number of hydrogen-bond acceptors (Lipinski definition) is 4. The largest absolute Gasteiger partial charge is 0.466 e. The number of hydrogen-bond donors (Lipinski definition) is 0. The molecular weight excluding hydrogens is 206 g/mol. The Kier molecular flexibility index (Phi) is 4.80. The lowest BCUT2D eigenvalue weighted by Gasteiger charge is -2.05. The van der Waals surface area contributed by atoms with Gasteiger partial charge in [0.05, 0.1) is 13.2 Å². The van der Waals surface area contributed by atoms with Gasteiger partial charge in [-0.05, 0) is 18.9 Å². The molecule has 1 rings (SSSR count). The molecule has 0 aliphatic heterocycles. The average Bonchev–Trinajstić information content (AvgIpc) is 2.81. The zero-order valence-corrected chi connectivity index (χ0v) is 9.09. The molecule has 0 N–H and O–H groups in total. The fourth-order valence-corrected chi connectivity index (χ4v) is 1.24. The lowest BCUT2D eigenvalue weighted by atomic mass is 10.2. The fraction of sp³-hybridized carbons (Fsp3) is 0.364. The molecule has 0 saturated carbocycles. The van der Waals surface area contributed by atoms with E-state index in [1.165, 1.54) is 13.2 Å². The molecular formula is C11H13N3O2. The van der Waals surface area contributed by atoms with Crippen molar-refractivity contribution in [2.75, 3.05) is 7.11 Å². The Bertz CT molecular complexity index is 401. The van der Waals surface area contributed by atoms with Crippen LogP contribution < -0.4 is 0 Å². The van der Waals surface area contributed by atoms with E-state index in [0.29, 0.717) is 19.3 Å². The number of rotatable bonds is 5. The van der Waals surface area contributed by atoms with Gasteiger partial charge in [-0.1, -0.05) is 0 Å². The number of carbonyl (C=O) groups is 1. The fourth-order valence-electron chi connectivity index (χ4n) is 1.24. The van der Waals surface area contributed by atoms with Gasteiger partial charge < -0.3 is 4.74 Å². The molecule has 1 aromatic heterocycles. The minimum atomic E-state index is -0.414. The van der Waals surface area contributed by atoms with Gasteiger partial charge in [0, 0.05) is 30.6 Å². The molecule has 1 aromatic rings. The normalized spacial score (nSPS) is 10.9. The van der Waals surface area contributed by atoms with Crippen LogP contribution >= 0.6 is 0 Å². The number of aromatic nitrogens is 2. The third-order valence-corrected chi connectivity index (χ3v) is 2.01. The van der Waals surface area contributed by atoms with Crippen LogP contribution in [-0.2, 0) is 9.53 Å². The van der Waals surface area contributed by atoms with Crippen molar-refractivity contribution in [1.82, 2.24) is 9.78 Å². The molecule has 16 heavy (non-hydrogen) atoms. The quantitative estimate of drug-likeness (QED) is 0.428. The first-order valence-corrected chi connectivity index (χ1v) is 4.93. The first-order valence-electron chi connectivity index (χ1n) is 4.93. The molecule has 0 bridgehead atoms. The Hall–Kier alpha value is -2.09. The molecule has 84 valence electrons. The van der Waals surface area contributed by atoms with E-state index in [4.69, 9.17) is 5.26 Å². The monoisotopic (exact) mass is 219 g/mol. The summed E-state index contributed by atoms with van der Waals surface area (Å²) in [5.41, 5.74) is 0.729. The van der Waals surface area contributed by atoms with Gasteiger partial charge in [-0.25, -0.2) is 9.48 Å². The van der Waals surface area contributed by atoms with Gasteiger partial charge in [-0.15, -0.1) is 0 Å². The molecule has 0 aliphatic rings. The molecule has 5 nitrogen and oxygen atoms in total. The van der Waals surface area contributed by atoms with E-state index < -0.39 is 5.97 Å². The molecule has 0 aromatic carbocycles. The van der Waals surface area contributed by atoms with E-state index >= 15 is 0 Å². The highest BCUT2D eigenvalue weighted by Gasteiger charge is 2.04. The van der Waals surface area contributed by atoms with Crippen LogP contribution in [0.15, 0.2) is 24.5 Å². The van der Waals surface area contributed by atoms with E-state index in [-0.39, 0.29) is 0 Å². The summed E-state index contributed by atoms with van der Waals surface area (Å²) in [5.74, 6) is -0.414. The number of carbonyl (C=O) groups excluding carboxylic acids is 1.